The first-order valence-corrected chi connectivity index (χ1v) is 5.88. The van der Waals surface area contributed by atoms with Crippen LogP contribution in [0.3, 0.4) is 0 Å². The number of rotatable bonds is 6. The van der Waals surface area contributed by atoms with E-state index >= 15 is 0 Å². The minimum absolute atomic E-state index is 0.0982. The van der Waals surface area contributed by atoms with Gasteiger partial charge in [0.05, 0.1) is 0 Å². The Bertz CT molecular complexity index is 264. The van der Waals surface area contributed by atoms with Crippen molar-refractivity contribution >= 4 is 11.9 Å². The third kappa shape index (κ3) is 7.43. The lowest BCUT2D eigenvalue weighted by molar-refractivity contribution is 0.189. The highest BCUT2D eigenvalue weighted by Crippen LogP contribution is 2.01. The molecule has 0 unspecified atom stereocenters. The van der Waals surface area contributed by atoms with E-state index in [4.69, 9.17) is 10.9 Å². The van der Waals surface area contributed by atoms with Gasteiger partial charge in [-0.1, -0.05) is 19.0 Å². The van der Waals surface area contributed by atoms with Crippen molar-refractivity contribution in [1.29, 1.82) is 0 Å². The van der Waals surface area contributed by atoms with E-state index in [1.165, 1.54) is 0 Å². The van der Waals surface area contributed by atoms with Crippen LogP contribution in [0.1, 0.15) is 34.1 Å². The fourth-order valence-corrected chi connectivity index (χ4v) is 1.35. The Kier molecular flexibility index (Phi) is 7.09. The molecule has 0 aromatic carbocycles. The third-order valence-electron chi connectivity index (χ3n) is 2.05. The van der Waals surface area contributed by atoms with Crippen LogP contribution in [0.15, 0.2) is 5.16 Å². The van der Waals surface area contributed by atoms with Crippen molar-refractivity contribution < 1.29 is 10.0 Å². The molecule has 0 spiro atoms. The first-order valence-electron chi connectivity index (χ1n) is 5.88. The quantitative estimate of drug-likeness (QED) is 0.284. The molecule has 0 bridgehead atoms. The predicted octanol–water partition coefficient (Wildman–Crippen LogP) is 1.20. The van der Waals surface area contributed by atoms with E-state index < -0.39 is 0 Å². The van der Waals surface area contributed by atoms with Gasteiger partial charge in [0.1, 0.15) is 5.84 Å². The molecule has 0 aliphatic carbocycles. The van der Waals surface area contributed by atoms with Crippen LogP contribution in [-0.2, 0) is 0 Å². The lowest BCUT2D eigenvalue weighted by Gasteiger charge is -2.25. The molecular weight excluding hydrogens is 220 g/mol. The minimum Gasteiger partial charge on any atom is -0.409 e. The first kappa shape index (κ1) is 15.5. The number of nitrogens with zero attached hydrogens (tertiary/aromatic N) is 2. The topological polar surface area (TPSA) is 90.9 Å². The second-order valence-electron chi connectivity index (χ2n) is 4.79. The molecule has 0 radical (unpaired) electrons. The number of urea groups is 1. The average molecular weight is 244 g/mol. The van der Waals surface area contributed by atoms with Crippen LogP contribution in [0.4, 0.5) is 4.79 Å². The normalized spacial score (nSPS) is 12.0. The summed E-state index contributed by atoms with van der Waals surface area (Å²) in [5, 5.41) is 14.2. The maximum Gasteiger partial charge on any atom is 0.317 e. The summed E-state index contributed by atoms with van der Waals surface area (Å²) >= 11 is 0. The molecule has 0 saturated carbocycles. The summed E-state index contributed by atoms with van der Waals surface area (Å²) < 4.78 is 0. The van der Waals surface area contributed by atoms with Crippen molar-refractivity contribution in [2.45, 2.75) is 40.2 Å². The monoisotopic (exact) mass is 244 g/mol. The summed E-state index contributed by atoms with van der Waals surface area (Å²) in [7, 11) is 0. The first-order chi connectivity index (χ1) is 7.86. The highest BCUT2D eigenvalue weighted by Gasteiger charge is 2.15. The molecule has 0 aromatic heterocycles. The number of nitrogens with one attached hydrogen (secondary N) is 1. The molecule has 6 heteroatoms. The molecule has 4 N–H and O–H groups in total. The fourth-order valence-electron chi connectivity index (χ4n) is 1.35. The molecule has 0 rings (SSSR count). The van der Waals surface area contributed by atoms with E-state index in [1.807, 2.05) is 27.7 Å². The molecule has 0 heterocycles. The van der Waals surface area contributed by atoms with Gasteiger partial charge in [0.25, 0.3) is 0 Å². The average Bonchev–Trinajstić information content (AvgIpc) is 2.21. The van der Waals surface area contributed by atoms with E-state index in [0.29, 0.717) is 25.4 Å². The van der Waals surface area contributed by atoms with Gasteiger partial charge in [-0.15, -0.1) is 0 Å². The van der Waals surface area contributed by atoms with Crippen LogP contribution in [0.2, 0.25) is 0 Å². The minimum atomic E-state index is -0.112. The van der Waals surface area contributed by atoms with Gasteiger partial charge in [-0.05, 0) is 19.8 Å². The lowest BCUT2D eigenvalue weighted by Crippen LogP contribution is -2.45. The molecule has 0 aliphatic heterocycles. The Balaban J connectivity index is 4.37. The van der Waals surface area contributed by atoms with Gasteiger partial charge in [-0.25, -0.2) is 4.79 Å². The molecule has 6 nitrogen and oxygen atoms in total. The smallest absolute Gasteiger partial charge is 0.317 e. The number of carbonyl (C=O) groups excluding carboxylic acids is 1. The standard InChI is InChI=1S/C11H24N4O2/c1-8(2)7-15(6-5-10(12)14-17)11(16)13-9(3)4/h8-9,17H,5-7H2,1-4H3,(H2,12,14)(H,13,16). The number of hydrogen-bond donors (Lipinski definition) is 3. The number of nitrogens with two attached hydrogens (primary N) is 1. The Morgan fingerprint density at radius 1 is 1.41 bits per heavy atom. The van der Waals surface area contributed by atoms with Gasteiger partial charge in [0, 0.05) is 25.6 Å². The molecule has 0 fully saturated rings. The van der Waals surface area contributed by atoms with Gasteiger partial charge in [0.15, 0.2) is 0 Å². The van der Waals surface area contributed by atoms with E-state index in [1.54, 1.807) is 4.90 Å². The van der Waals surface area contributed by atoms with Crippen molar-refractivity contribution in [3.05, 3.63) is 0 Å². The van der Waals surface area contributed by atoms with E-state index in [0.717, 1.165) is 0 Å². The summed E-state index contributed by atoms with van der Waals surface area (Å²) in [5.74, 6) is 0.510. The van der Waals surface area contributed by atoms with Crippen LogP contribution in [0.25, 0.3) is 0 Å². The largest absolute Gasteiger partial charge is 0.409 e. The zero-order valence-corrected chi connectivity index (χ0v) is 11.1. The third-order valence-corrected chi connectivity index (χ3v) is 2.05. The number of carbonyl (C=O) groups is 1. The maximum atomic E-state index is 11.9. The summed E-state index contributed by atoms with van der Waals surface area (Å²) in [6.07, 6.45) is 0.370. The number of amidine groups is 1. The summed E-state index contributed by atoms with van der Waals surface area (Å²) in [6, 6.07) is -0.0135. The van der Waals surface area contributed by atoms with Gasteiger partial charge in [-0.3, -0.25) is 0 Å². The fraction of sp³-hybridized carbons (Fsp3) is 0.818. The zero-order chi connectivity index (χ0) is 13.4. The van der Waals surface area contributed by atoms with Crippen LogP contribution in [-0.4, -0.2) is 41.1 Å². The second kappa shape index (κ2) is 7.76. The van der Waals surface area contributed by atoms with Crippen LogP contribution < -0.4 is 11.1 Å². The second-order valence-corrected chi connectivity index (χ2v) is 4.79. The van der Waals surface area contributed by atoms with Crippen molar-refractivity contribution in [1.82, 2.24) is 10.2 Å². The van der Waals surface area contributed by atoms with E-state index in [2.05, 4.69) is 10.5 Å². The molecule has 2 amide bonds. The van der Waals surface area contributed by atoms with E-state index in [9.17, 15) is 4.79 Å². The Labute approximate surface area is 103 Å². The zero-order valence-electron chi connectivity index (χ0n) is 11.1. The van der Waals surface area contributed by atoms with Crippen LogP contribution >= 0.6 is 0 Å². The van der Waals surface area contributed by atoms with Crippen molar-refractivity contribution in [3.63, 3.8) is 0 Å². The van der Waals surface area contributed by atoms with Gasteiger partial charge >= 0.3 is 6.03 Å². The molecule has 0 aliphatic rings. The van der Waals surface area contributed by atoms with Crippen molar-refractivity contribution in [2.24, 2.45) is 16.8 Å². The number of hydrogen-bond acceptors (Lipinski definition) is 3. The molecule has 0 atom stereocenters. The molecule has 0 saturated heterocycles. The Morgan fingerprint density at radius 3 is 2.41 bits per heavy atom. The highest BCUT2D eigenvalue weighted by molar-refractivity contribution is 5.81. The molecule has 17 heavy (non-hydrogen) atoms. The lowest BCUT2D eigenvalue weighted by atomic mass is 10.2. The van der Waals surface area contributed by atoms with Crippen molar-refractivity contribution in [2.75, 3.05) is 13.1 Å². The molecule has 100 valence electrons. The maximum absolute atomic E-state index is 11.9. The van der Waals surface area contributed by atoms with Gasteiger partial charge in [0.2, 0.25) is 0 Å². The molecular formula is C11H24N4O2. The summed E-state index contributed by atoms with van der Waals surface area (Å²) in [5.41, 5.74) is 5.40. The number of amides is 2. The van der Waals surface area contributed by atoms with Crippen LogP contribution in [0.5, 0.6) is 0 Å². The Morgan fingerprint density at radius 2 is 2.00 bits per heavy atom. The number of oxime groups is 1. The van der Waals surface area contributed by atoms with Gasteiger partial charge < -0.3 is 21.2 Å². The summed E-state index contributed by atoms with van der Waals surface area (Å²) in [4.78, 5) is 13.5. The van der Waals surface area contributed by atoms with Crippen molar-refractivity contribution in [3.8, 4) is 0 Å². The Hall–Kier alpha value is -1.46. The van der Waals surface area contributed by atoms with E-state index in [-0.39, 0.29) is 17.9 Å². The summed E-state index contributed by atoms with van der Waals surface area (Å²) in [6.45, 7) is 9.01. The highest BCUT2D eigenvalue weighted by atomic mass is 16.4. The predicted molar refractivity (Wildman–Crippen MR) is 68.1 cm³/mol. The SMILES string of the molecule is CC(C)CN(CCC(N)=NO)C(=O)NC(C)C. The molecule has 0 aromatic rings. The van der Waals surface area contributed by atoms with Gasteiger partial charge in [-0.2, -0.15) is 0 Å². The van der Waals surface area contributed by atoms with Crippen LogP contribution in [0, 0.1) is 5.92 Å².